The molecule has 0 spiro atoms. The SMILES string of the molecule is COCCNCCOc1ccc(NC(=O)c2cccc(OC)c2)cc1-c1ccnn1C. The molecule has 31 heavy (non-hydrogen) atoms. The summed E-state index contributed by atoms with van der Waals surface area (Å²) in [5.74, 6) is 1.13. The van der Waals surface area contributed by atoms with Crippen LogP contribution in [0.25, 0.3) is 11.3 Å². The summed E-state index contributed by atoms with van der Waals surface area (Å²) >= 11 is 0. The zero-order chi connectivity index (χ0) is 22.1. The highest BCUT2D eigenvalue weighted by atomic mass is 16.5. The van der Waals surface area contributed by atoms with Gasteiger partial charge in [-0.1, -0.05) is 6.07 Å². The minimum atomic E-state index is -0.217. The summed E-state index contributed by atoms with van der Waals surface area (Å²) in [6, 6.07) is 14.5. The quantitative estimate of drug-likeness (QED) is 0.460. The van der Waals surface area contributed by atoms with E-state index in [1.165, 1.54) is 0 Å². The molecule has 3 rings (SSSR count). The van der Waals surface area contributed by atoms with Gasteiger partial charge in [0.2, 0.25) is 0 Å². The van der Waals surface area contributed by atoms with Crippen LogP contribution in [0.4, 0.5) is 5.69 Å². The molecule has 0 aliphatic rings. The number of ether oxygens (including phenoxy) is 3. The molecule has 164 valence electrons. The normalized spacial score (nSPS) is 10.7. The average molecular weight is 425 g/mol. The van der Waals surface area contributed by atoms with Gasteiger partial charge >= 0.3 is 0 Å². The molecular formula is C23H28N4O4. The number of amides is 1. The van der Waals surface area contributed by atoms with Gasteiger partial charge in [-0.15, -0.1) is 0 Å². The molecule has 1 amide bonds. The maximum Gasteiger partial charge on any atom is 0.255 e. The molecule has 0 fully saturated rings. The number of carbonyl (C=O) groups excluding carboxylic acids is 1. The molecule has 1 heterocycles. The Morgan fingerprint density at radius 2 is 1.90 bits per heavy atom. The molecule has 8 nitrogen and oxygen atoms in total. The molecule has 1 aromatic heterocycles. The van der Waals surface area contributed by atoms with Gasteiger partial charge in [-0.25, -0.2) is 0 Å². The smallest absolute Gasteiger partial charge is 0.255 e. The van der Waals surface area contributed by atoms with Crippen LogP contribution >= 0.6 is 0 Å². The number of aromatic nitrogens is 2. The number of anilines is 1. The third-order valence-electron chi connectivity index (χ3n) is 4.69. The van der Waals surface area contributed by atoms with Gasteiger partial charge in [0, 0.05) is 50.3 Å². The molecule has 0 saturated heterocycles. The summed E-state index contributed by atoms with van der Waals surface area (Å²) in [5, 5.41) is 10.5. The van der Waals surface area contributed by atoms with Gasteiger partial charge in [0.1, 0.15) is 18.1 Å². The first-order valence-electron chi connectivity index (χ1n) is 10.0. The molecule has 8 heteroatoms. The highest BCUT2D eigenvalue weighted by Gasteiger charge is 2.14. The number of rotatable bonds is 11. The van der Waals surface area contributed by atoms with Gasteiger partial charge in [-0.3, -0.25) is 9.48 Å². The van der Waals surface area contributed by atoms with Crippen LogP contribution in [-0.2, 0) is 11.8 Å². The Hall–Kier alpha value is -3.36. The lowest BCUT2D eigenvalue weighted by Gasteiger charge is -2.15. The van der Waals surface area contributed by atoms with Crippen molar-refractivity contribution in [1.82, 2.24) is 15.1 Å². The van der Waals surface area contributed by atoms with E-state index in [0.29, 0.717) is 36.8 Å². The van der Waals surface area contributed by atoms with Crippen molar-refractivity contribution in [1.29, 1.82) is 0 Å². The summed E-state index contributed by atoms with van der Waals surface area (Å²) in [6.07, 6.45) is 1.73. The summed E-state index contributed by atoms with van der Waals surface area (Å²) in [7, 11) is 5.11. The number of methoxy groups -OCH3 is 2. The Bertz CT molecular complexity index is 1000. The number of benzene rings is 2. The van der Waals surface area contributed by atoms with Crippen molar-refractivity contribution in [2.24, 2.45) is 7.05 Å². The van der Waals surface area contributed by atoms with E-state index in [1.807, 2.05) is 31.3 Å². The number of nitrogens with zero attached hydrogens (tertiary/aromatic N) is 2. The maximum absolute atomic E-state index is 12.7. The molecule has 0 atom stereocenters. The topological polar surface area (TPSA) is 86.6 Å². The predicted octanol–water partition coefficient (Wildman–Crippen LogP) is 2.96. The van der Waals surface area contributed by atoms with Gasteiger partial charge in [0.15, 0.2) is 0 Å². The zero-order valence-electron chi connectivity index (χ0n) is 18.1. The van der Waals surface area contributed by atoms with Crippen LogP contribution in [0.15, 0.2) is 54.7 Å². The summed E-state index contributed by atoms with van der Waals surface area (Å²) in [5.41, 5.74) is 2.92. The second-order valence-electron chi connectivity index (χ2n) is 6.83. The molecule has 2 aromatic carbocycles. The van der Waals surface area contributed by atoms with E-state index in [-0.39, 0.29) is 5.91 Å². The largest absolute Gasteiger partial charge is 0.497 e. The van der Waals surface area contributed by atoms with E-state index in [1.54, 1.807) is 49.4 Å². The van der Waals surface area contributed by atoms with E-state index in [4.69, 9.17) is 14.2 Å². The van der Waals surface area contributed by atoms with E-state index in [9.17, 15) is 4.79 Å². The summed E-state index contributed by atoms with van der Waals surface area (Å²) in [4.78, 5) is 12.7. The average Bonchev–Trinajstić information content (AvgIpc) is 3.22. The van der Waals surface area contributed by atoms with Crippen LogP contribution in [0.3, 0.4) is 0 Å². The molecule has 0 aliphatic carbocycles. The first-order chi connectivity index (χ1) is 15.1. The van der Waals surface area contributed by atoms with Crippen molar-refractivity contribution >= 4 is 11.6 Å². The molecule has 2 N–H and O–H groups in total. The lowest BCUT2D eigenvalue weighted by Crippen LogP contribution is -2.24. The Morgan fingerprint density at radius 1 is 1.06 bits per heavy atom. The van der Waals surface area contributed by atoms with Crippen LogP contribution in [0, 0.1) is 0 Å². The van der Waals surface area contributed by atoms with E-state index >= 15 is 0 Å². The van der Waals surface area contributed by atoms with Crippen LogP contribution < -0.4 is 20.1 Å². The van der Waals surface area contributed by atoms with Crippen LogP contribution in [0.1, 0.15) is 10.4 Å². The third kappa shape index (κ3) is 6.07. The molecule has 3 aromatic rings. The molecule has 0 aliphatic heterocycles. The Balaban J connectivity index is 1.76. The minimum absolute atomic E-state index is 0.217. The molecular weight excluding hydrogens is 396 g/mol. The Kier molecular flexibility index (Phi) is 8.03. The highest BCUT2D eigenvalue weighted by molar-refractivity contribution is 6.04. The second kappa shape index (κ2) is 11.1. The number of hydrogen-bond donors (Lipinski definition) is 2. The van der Waals surface area contributed by atoms with Gasteiger partial charge in [0.25, 0.3) is 5.91 Å². The lowest BCUT2D eigenvalue weighted by molar-refractivity contribution is 0.102. The van der Waals surface area contributed by atoms with Crippen LogP contribution in [0.5, 0.6) is 11.5 Å². The highest BCUT2D eigenvalue weighted by Crippen LogP contribution is 2.32. The number of hydrogen-bond acceptors (Lipinski definition) is 6. The fourth-order valence-corrected chi connectivity index (χ4v) is 3.07. The number of nitrogens with one attached hydrogen (secondary N) is 2. The lowest BCUT2D eigenvalue weighted by atomic mass is 10.1. The fraction of sp³-hybridized carbons (Fsp3) is 0.304. The molecule has 0 radical (unpaired) electrons. The van der Waals surface area contributed by atoms with Crippen LogP contribution in [-0.4, -0.2) is 56.2 Å². The summed E-state index contributed by atoms with van der Waals surface area (Å²) in [6.45, 7) is 2.62. The first-order valence-corrected chi connectivity index (χ1v) is 10.0. The molecule has 0 unspecified atom stereocenters. The molecule has 0 saturated carbocycles. The minimum Gasteiger partial charge on any atom is -0.497 e. The third-order valence-corrected chi connectivity index (χ3v) is 4.69. The van der Waals surface area contributed by atoms with Gasteiger partial charge in [0.05, 0.1) is 19.4 Å². The predicted molar refractivity (Wildman–Crippen MR) is 120 cm³/mol. The van der Waals surface area contributed by atoms with Crippen molar-refractivity contribution in [2.45, 2.75) is 0 Å². The van der Waals surface area contributed by atoms with Gasteiger partial charge in [-0.2, -0.15) is 5.10 Å². The monoisotopic (exact) mass is 424 g/mol. The van der Waals surface area contributed by atoms with Crippen molar-refractivity contribution in [2.75, 3.05) is 45.8 Å². The maximum atomic E-state index is 12.7. The van der Waals surface area contributed by atoms with E-state index in [0.717, 1.165) is 23.6 Å². The Morgan fingerprint density at radius 3 is 2.65 bits per heavy atom. The molecule has 0 bridgehead atoms. The fourth-order valence-electron chi connectivity index (χ4n) is 3.07. The van der Waals surface area contributed by atoms with Crippen molar-refractivity contribution < 1.29 is 19.0 Å². The van der Waals surface area contributed by atoms with Gasteiger partial charge < -0.3 is 24.8 Å². The van der Waals surface area contributed by atoms with E-state index in [2.05, 4.69) is 15.7 Å². The zero-order valence-corrected chi connectivity index (χ0v) is 18.1. The number of carbonyl (C=O) groups is 1. The first kappa shape index (κ1) is 22.3. The van der Waals surface area contributed by atoms with Crippen molar-refractivity contribution in [3.05, 3.63) is 60.3 Å². The van der Waals surface area contributed by atoms with Crippen molar-refractivity contribution in [3.63, 3.8) is 0 Å². The summed E-state index contributed by atoms with van der Waals surface area (Å²) < 4.78 is 18.0. The van der Waals surface area contributed by atoms with E-state index < -0.39 is 0 Å². The van der Waals surface area contributed by atoms with Crippen molar-refractivity contribution in [3.8, 4) is 22.8 Å². The van der Waals surface area contributed by atoms with Gasteiger partial charge in [-0.05, 0) is 42.5 Å². The number of aryl methyl sites for hydroxylation is 1. The van der Waals surface area contributed by atoms with Crippen LogP contribution in [0.2, 0.25) is 0 Å². The standard InChI is InChI=1S/C23H28N4O4/c1-27-21(9-10-25-27)20-16-18(7-8-22(20)31-14-12-24-11-13-29-2)26-23(28)17-5-4-6-19(15-17)30-3/h4-10,15-16,24H,11-14H2,1-3H3,(H,26,28). The second-order valence-corrected chi connectivity index (χ2v) is 6.83. The Labute approximate surface area is 182 Å².